The van der Waals surface area contributed by atoms with Crippen molar-refractivity contribution in [2.75, 3.05) is 17.7 Å². The van der Waals surface area contributed by atoms with E-state index in [-0.39, 0.29) is 11.9 Å². The lowest BCUT2D eigenvalue weighted by atomic mass is 10.2. The van der Waals surface area contributed by atoms with Crippen LogP contribution in [0.1, 0.15) is 13.8 Å². The first-order valence-electron chi connectivity index (χ1n) is 4.30. The van der Waals surface area contributed by atoms with Crippen LogP contribution in [0.2, 0.25) is 0 Å². The highest BCUT2D eigenvalue weighted by molar-refractivity contribution is 5.54. The van der Waals surface area contributed by atoms with Gasteiger partial charge < -0.3 is 10.6 Å². The first kappa shape index (κ1) is 9.84. The quantitative estimate of drug-likeness (QED) is 0.711. The fourth-order valence-electron chi connectivity index (χ4n) is 1.09. The summed E-state index contributed by atoms with van der Waals surface area (Å²) in [5, 5.41) is 0. The number of hydrogen-bond acceptors (Lipinski definition) is 2. The van der Waals surface area contributed by atoms with Gasteiger partial charge in [-0.3, -0.25) is 0 Å². The Bertz CT molecular complexity index is 297. The standard InChI is InChI=1S/C10H15FN2/c1-7(2)13(3)10-5-4-8(12)6-9(10)11/h4-7H,12H2,1-3H3. The molecule has 0 radical (unpaired) electrons. The summed E-state index contributed by atoms with van der Waals surface area (Å²) in [6.45, 7) is 4.02. The van der Waals surface area contributed by atoms with Crippen molar-refractivity contribution in [2.24, 2.45) is 0 Å². The number of rotatable bonds is 2. The zero-order valence-electron chi connectivity index (χ0n) is 8.21. The molecule has 0 aromatic heterocycles. The smallest absolute Gasteiger partial charge is 0.148 e. The highest BCUT2D eigenvalue weighted by atomic mass is 19.1. The maximum Gasteiger partial charge on any atom is 0.148 e. The van der Waals surface area contributed by atoms with Crippen LogP contribution in [-0.4, -0.2) is 13.1 Å². The van der Waals surface area contributed by atoms with Crippen LogP contribution in [0.25, 0.3) is 0 Å². The summed E-state index contributed by atoms with van der Waals surface area (Å²) in [5.41, 5.74) is 6.49. The van der Waals surface area contributed by atoms with E-state index in [0.717, 1.165) is 0 Å². The first-order chi connectivity index (χ1) is 6.02. The zero-order valence-corrected chi connectivity index (χ0v) is 8.21. The van der Waals surface area contributed by atoms with E-state index < -0.39 is 0 Å². The largest absolute Gasteiger partial charge is 0.399 e. The Morgan fingerprint density at radius 3 is 2.46 bits per heavy atom. The molecular formula is C10H15FN2. The highest BCUT2D eigenvalue weighted by Gasteiger charge is 2.09. The second kappa shape index (κ2) is 3.64. The molecule has 72 valence electrons. The summed E-state index contributed by atoms with van der Waals surface area (Å²) in [4.78, 5) is 1.87. The molecule has 0 amide bonds. The van der Waals surface area contributed by atoms with Gasteiger partial charge in [0, 0.05) is 18.8 Å². The average Bonchev–Trinajstić information content (AvgIpc) is 2.03. The molecule has 1 rings (SSSR count). The number of nitrogen functional groups attached to an aromatic ring is 1. The Balaban J connectivity index is 3.01. The predicted octanol–water partition coefficient (Wildman–Crippen LogP) is 2.25. The Kier molecular flexibility index (Phi) is 2.76. The molecule has 1 aromatic rings. The van der Waals surface area contributed by atoms with Gasteiger partial charge in [-0.15, -0.1) is 0 Å². The van der Waals surface area contributed by atoms with Crippen LogP contribution < -0.4 is 10.6 Å². The summed E-state index contributed by atoms with van der Waals surface area (Å²) in [7, 11) is 1.86. The lowest BCUT2D eigenvalue weighted by Gasteiger charge is -2.24. The van der Waals surface area contributed by atoms with Crippen LogP contribution in [0.5, 0.6) is 0 Å². The highest BCUT2D eigenvalue weighted by Crippen LogP contribution is 2.21. The van der Waals surface area contributed by atoms with Crippen LogP contribution in [0.15, 0.2) is 18.2 Å². The van der Waals surface area contributed by atoms with E-state index in [1.54, 1.807) is 12.1 Å². The van der Waals surface area contributed by atoms with E-state index in [1.807, 2.05) is 25.8 Å². The maximum absolute atomic E-state index is 13.3. The molecule has 0 spiro atoms. The maximum atomic E-state index is 13.3. The summed E-state index contributed by atoms with van der Waals surface area (Å²) < 4.78 is 13.3. The van der Waals surface area contributed by atoms with Crippen molar-refractivity contribution in [3.63, 3.8) is 0 Å². The molecule has 0 heterocycles. The van der Waals surface area contributed by atoms with Gasteiger partial charge in [-0.1, -0.05) is 0 Å². The fraction of sp³-hybridized carbons (Fsp3) is 0.400. The monoisotopic (exact) mass is 182 g/mol. The molecule has 0 saturated carbocycles. The molecule has 13 heavy (non-hydrogen) atoms. The van der Waals surface area contributed by atoms with E-state index in [9.17, 15) is 4.39 Å². The van der Waals surface area contributed by atoms with Crippen LogP contribution in [-0.2, 0) is 0 Å². The van der Waals surface area contributed by atoms with E-state index in [0.29, 0.717) is 11.4 Å². The van der Waals surface area contributed by atoms with E-state index in [4.69, 9.17) is 5.73 Å². The number of nitrogens with two attached hydrogens (primary N) is 1. The van der Waals surface area contributed by atoms with Gasteiger partial charge in [-0.25, -0.2) is 4.39 Å². The Morgan fingerprint density at radius 2 is 2.00 bits per heavy atom. The molecule has 2 N–H and O–H groups in total. The van der Waals surface area contributed by atoms with E-state index in [1.165, 1.54) is 6.07 Å². The lowest BCUT2D eigenvalue weighted by molar-refractivity contribution is 0.614. The third-order valence-corrected chi connectivity index (χ3v) is 2.13. The molecule has 0 aliphatic heterocycles. The second-order valence-electron chi connectivity index (χ2n) is 3.42. The van der Waals surface area contributed by atoms with Gasteiger partial charge >= 0.3 is 0 Å². The van der Waals surface area contributed by atoms with Crippen LogP contribution in [0.3, 0.4) is 0 Å². The molecule has 0 bridgehead atoms. The first-order valence-corrected chi connectivity index (χ1v) is 4.30. The minimum Gasteiger partial charge on any atom is -0.399 e. The van der Waals surface area contributed by atoms with Crippen molar-refractivity contribution in [1.82, 2.24) is 0 Å². The summed E-state index contributed by atoms with van der Waals surface area (Å²) >= 11 is 0. The topological polar surface area (TPSA) is 29.3 Å². The van der Waals surface area contributed by atoms with Gasteiger partial charge in [-0.2, -0.15) is 0 Å². The van der Waals surface area contributed by atoms with Crippen LogP contribution in [0.4, 0.5) is 15.8 Å². The van der Waals surface area contributed by atoms with Crippen molar-refractivity contribution < 1.29 is 4.39 Å². The Labute approximate surface area is 78.2 Å². The molecule has 2 nitrogen and oxygen atoms in total. The number of benzene rings is 1. The number of anilines is 2. The molecule has 0 saturated heterocycles. The summed E-state index contributed by atoms with van der Waals surface area (Å²) in [6.07, 6.45) is 0. The van der Waals surface area contributed by atoms with E-state index in [2.05, 4.69) is 0 Å². The molecule has 1 aromatic carbocycles. The third-order valence-electron chi connectivity index (χ3n) is 2.13. The fourth-order valence-corrected chi connectivity index (χ4v) is 1.09. The number of halogens is 1. The normalized spacial score (nSPS) is 10.5. The minimum atomic E-state index is -0.267. The summed E-state index contributed by atoms with van der Waals surface area (Å²) in [5.74, 6) is -0.267. The molecule has 0 fully saturated rings. The lowest BCUT2D eigenvalue weighted by Crippen LogP contribution is -2.26. The predicted molar refractivity (Wildman–Crippen MR) is 54.4 cm³/mol. The molecular weight excluding hydrogens is 167 g/mol. The molecule has 0 aliphatic rings. The number of nitrogens with zero attached hydrogens (tertiary/aromatic N) is 1. The van der Waals surface area contributed by atoms with Crippen molar-refractivity contribution in [1.29, 1.82) is 0 Å². The molecule has 0 aliphatic carbocycles. The van der Waals surface area contributed by atoms with Gasteiger partial charge in [0.25, 0.3) is 0 Å². The van der Waals surface area contributed by atoms with E-state index >= 15 is 0 Å². The van der Waals surface area contributed by atoms with Crippen LogP contribution in [0, 0.1) is 5.82 Å². The van der Waals surface area contributed by atoms with Gasteiger partial charge in [0.15, 0.2) is 0 Å². The van der Waals surface area contributed by atoms with Crippen molar-refractivity contribution in [3.05, 3.63) is 24.0 Å². The van der Waals surface area contributed by atoms with Crippen molar-refractivity contribution in [2.45, 2.75) is 19.9 Å². The zero-order chi connectivity index (χ0) is 10.0. The van der Waals surface area contributed by atoms with Crippen LogP contribution >= 0.6 is 0 Å². The Morgan fingerprint density at radius 1 is 1.38 bits per heavy atom. The Hall–Kier alpha value is -1.25. The summed E-state index contributed by atoms with van der Waals surface area (Å²) in [6, 6.07) is 5.02. The van der Waals surface area contributed by atoms with Gasteiger partial charge in [0.05, 0.1) is 5.69 Å². The molecule has 0 atom stereocenters. The third kappa shape index (κ3) is 2.11. The minimum absolute atomic E-state index is 0.267. The molecule has 3 heteroatoms. The van der Waals surface area contributed by atoms with Gasteiger partial charge in [-0.05, 0) is 32.0 Å². The SMILES string of the molecule is CC(C)N(C)c1ccc(N)cc1F. The molecule has 0 unspecified atom stereocenters. The average molecular weight is 182 g/mol. The second-order valence-corrected chi connectivity index (χ2v) is 3.42. The number of hydrogen-bond donors (Lipinski definition) is 1. The van der Waals surface area contributed by atoms with Gasteiger partial charge in [0.1, 0.15) is 5.82 Å². The van der Waals surface area contributed by atoms with Crippen molar-refractivity contribution >= 4 is 11.4 Å². The van der Waals surface area contributed by atoms with Crippen molar-refractivity contribution in [3.8, 4) is 0 Å². The van der Waals surface area contributed by atoms with Gasteiger partial charge in [0.2, 0.25) is 0 Å².